The highest BCUT2D eigenvalue weighted by Crippen LogP contribution is 2.51. The number of aryl methyl sites for hydroxylation is 2. The summed E-state index contributed by atoms with van der Waals surface area (Å²) in [6.45, 7) is 4.60. The molecule has 2 aromatic carbocycles. The number of hydrogen-bond donors (Lipinski definition) is 2. The molecule has 0 saturated heterocycles. The Bertz CT molecular complexity index is 1050. The molecule has 0 radical (unpaired) electrons. The third-order valence-electron chi connectivity index (χ3n) is 6.23. The molecule has 164 valence electrons. The summed E-state index contributed by atoms with van der Waals surface area (Å²) in [5.41, 5.74) is 9.95. The molecule has 0 saturated carbocycles. The number of primary amides is 1. The first-order chi connectivity index (χ1) is 14.7. The van der Waals surface area contributed by atoms with Gasteiger partial charge in [-0.1, -0.05) is 18.2 Å². The van der Waals surface area contributed by atoms with Gasteiger partial charge in [-0.2, -0.15) is 0 Å². The third kappa shape index (κ3) is 3.57. The van der Waals surface area contributed by atoms with Crippen molar-refractivity contribution in [2.45, 2.75) is 26.3 Å². The van der Waals surface area contributed by atoms with E-state index in [1.54, 1.807) is 7.11 Å². The average molecular weight is 426 g/mol. The number of rotatable bonds is 5. The van der Waals surface area contributed by atoms with Gasteiger partial charge in [-0.15, -0.1) is 0 Å². The molecule has 31 heavy (non-hydrogen) atoms. The number of nitrogens with one attached hydrogen (secondary N) is 1. The van der Waals surface area contributed by atoms with E-state index in [1.807, 2.05) is 45.2 Å². The first-order valence-electron chi connectivity index (χ1n) is 10.2. The highest BCUT2D eigenvalue weighted by molar-refractivity contribution is 5.97. The maximum absolute atomic E-state index is 13.8. The Balaban J connectivity index is 1.86. The molecule has 2 aromatic rings. The van der Waals surface area contributed by atoms with Gasteiger partial charge in [0.1, 0.15) is 0 Å². The van der Waals surface area contributed by atoms with Gasteiger partial charge in [0, 0.05) is 12.1 Å². The summed E-state index contributed by atoms with van der Waals surface area (Å²) < 4.78 is 17.1. The maximum atomic E-state index is 13.8. The van der Waals surface area contributed by atoms with Crippen LogP contribution < -0.4 is 25.3 Å². The van der Waals surface area contributed by atoms with Crippen LogP contribution >= 0.6 is 0 Å². The molecule has 2 atom stereocenters. The fourth-order valence-electron chi connectivity index (χ4n) is 4.75. The number of likely N-dealkylation sites (N-methyl/N-ethyl adjacent to an activating group) is 1. The molecule has 0 bridgehead atoms. The van der Waals surface area contributed by atoms with Crippen LogP contribution in [0.3, 0.4) is 0 Å². The van der Waals surface area contributed by atoms with E-state index in [4.69, 9.17) is 19.9 Å². The highest BCUT2D eigenvalue weighted by Gasteiger charge is 2.48. The summed E-state index contributed by atoms with van der Waals surface area (Å²) >= 11 is 0. The van der Waals surface area contributed by atoms with Gasteiger partial charge in [0.15, 0.2) is 24.1 Å². The molecule has 3 N–H and O–H groups in total. The van der Waals surface area contributed by atoms with Gasteiger partial charge in [-0.3, -0.25) is 9.59 Å². The topological polar surface area (TPSA) is 99.9 Å². The SMILES string of the molecule is COc1c2c(cc3c1C(C(=O)Nc1c(C)cccc1C)[N+](C)(CC(N)=O)CC3)OCO2. The third-order valence-corrected chi connectivity index (χ3v) is 6.23. The Hall–Kier alpha value is -3.26. The fraction of sp³-hybridized carbons (Fsp3) is 0.391. The number of carbonyl (C=O) groups excluding carboxylic acids is 2. The number of methoxy groups -OCH3 is 1. The van der Waals surface area contributed by atoms with E-state index in [9.17, 15) is 9.59 Å². The Morgan fingerprint density at radius 2 is 1.97 bits per heavy atom. The van der Waals surface area contributed by atoms with Gasteiger partial charge in [0.2, 0.25) is 12.5 Å². The molecule has 2 amide bonds. The second kappa shape index (κ2) is 7.77. The van der Waals surface area contributed by atoms with Crippen molar-refractivity contribution in [1.29, 1.82) is 0 Å². The number of carbonyl (C=O) groups is 2. The summed E-state index contributed by atoms with van der Waals surface area (Å²) in [6.07, 6.45) is 0.652. The predicted octanol–water partition coefficient (Wildman–Crippen LogP) is 2.21. The number of amides is 2. The zero-order chi connectivity index (χ0) is 22.3. The molecule has 2 unspecified atom stereocenters. The molecule has 0 fully saturated rings. The minimum atomic E-state index is -0.709. The number of quaternary nitrogens is 1. The summed E-state index contributed by atoms with van der Waals surface area (Å²) in [5, 5.41) is 3.10. The number of nitrogens with two attached hydrogens (primary N) is 1. The standard InChI is InChI=1S/C23H27N3O5/c1-13-6-5-7-14(2)19(13)25-23(28)20-18-15(8-9-26(20,3)11-17(24)27)10-16-21(22(18)29-4)31-12-30-16/h5-7,10,20H,8-9,11-12H2,1-4H3,(H2-,24,25,27,28)/p+1. The van der Waals surface area contributed by atoms with Gasteiger partial charge < -0.3 is 29.7 Å². The molecule has 0 spiro atoms. The van der Waals surface area contributed by atoms with Crippen LogP contribution in [0.15, 0.2) is 24.3 Å². The number of benzene rings is 2. The minimum absolute atomic E-state index is 0.0296. The fourth-order valence-corrected chi connectivity index (χ4v) is 4.75. The van der Waals surface area contributed by atoms with Crippen LogP contribution in [0, 0.1) is 13.8 Å². The summed E-state index contributed by atoms with van der Waals surface area (Å²) in [6, 6.07) is 7.06. The van der Waals surface area contributed by atoms with Crippen molar-refractivity contribution in [1.82, 2.24) is 0 Å². The predicted molar refractivity (Wildman–Crippen MR) is 115 cm³/mol. The lowest BCUT2D eigenvalue weighted by molar-refractivity contribution is -0.924. The number of fused-ring (bicyclic) bond motifs is 2. The largest absolute Gasteiger partial charge is 0.492 e. The maximum Gasteiger partial charge on any atom is 0.287 e. The smallest absolute Gasteiger partial charge is 0.287 e. The monoisotopic (exact) mass is 426 g/mol. The van der Waals surface area contributed by atoms with E-state index in [2.05, 4.69) is 5.32 Å². The molecule has 4 rings (SSSR count). The number of para-hydroxylation sites is 1. The number of nitrogens with zero attached hydrogens (tertiary/aromatic N) is 1. The van der Waals surface area contributed by atoms with Crippen LogP contribution in [-0.4, -0.2) is 50.3 Å². The second-order valence-electron chi connectivity index (χ2n) is 8.45. The lowest BCUT2D eigenvalue weighted by Gasteiger charge is -2.44. The first-order valence-corrected chi connectivity index (χ1v) is 10.2. The number of anilines is 1. The molecule has 2 heterocycles. The van der Waals surface area contributed by atoms with Crippen LogP contribution in [0.5, 0.6) is 17.2 Å². The Morgan fingerprint density at radius 3 is 2.61 bits per heavy atom. The van der Waals surface area contributed by atoms with Crippen molar-refractivity contribution < 1.29 is 28.3 Å². The molecule has 2 aliphatic rings. The van der Waals surface area contributed by atoms with Crippen LogP contribution in [0.25, 0.3) is 0 Å². The summed E-state index contributed by atoms with van der Waals surface area (Å²) in [4.78, 5) is 25.8. The van der Waals surface area contributed by atoms with Gasteiger partial charge >= 0.3 is 0 Å². The Kier molecular flexibility index (Phi) is 5.26. The van der Waals surface area contributed by atoms with Crippen molar-refractivity contribution >= 4 is 17.5 Å². The molecule has 8 nitrogen and oxygen atoms in total. The molecule has 0 aromatic heterocycles. The zero-order valence-electron chi connectivity index (χ0n) is 18.3. The molecule has 0 aliphatic carbocycles. The summed E-state index contributed by atoms with van der Waals surface area (Å²) in [7, 11) is 3.43. The highest BCUT2D eigenvalue weighted by atomic mass is 16.7. The minimum Gasteiger partial charge on any atom is -0.492 e. The van der Waals surface area contributed by atoms with E-state index in [0.717, 1.165) is 22.4 Å². The van der Waals surface area contributed by atoms with Crippen molar-refractivity contribution in [3.63, 3.8) is 0 Å². The van der Waals surface area contributed by atoms with Crippen molar-refractivity contribution in [3.8, 4) is 17.2 Å². The van der Waals surface area contributed by atoms with Gasteiger partial charge in [-0.25, -0.2) is 0 Å². The lowest BCUT2D eigenvalue weighted by atomic mass is 9.88. The van der Waals surface area contributed by atoms with E-state index in [0.29, 0.717) is 35.8 Å². The first kappa shape index (κ1) is 21.0. The van der Waals surface area contributed by atoms with E-state index < -0.39 is 11.9 Å². The average Bonchev–Trinajstić information content (AvgIpc) is 3.16. The van der Waals surface area contributed by atoms with E-state index in [-0.39, 0.29) is 23.7 Å². The molecule has 2 aliphatic heterocycles. The molecule has 8 heteroatoms. The summed E-state index contributed by atoms with van der Waals surface area (Å²) in [5.74, 6) is 0.879. The van der Waals surface area contributed by atoms with Gasteiger partial charge in [0.05, 0.1) is 26.3 Å². The van der Waals surface area contributed by atoms with Crippen LogP contribution in [-0.2, 0) is 16.0 Å². The van der Waals surface area contributed by atoms with Crippen molar-refractivity contribution in [3.05, 3.63) is 46.5 Å². The second-order valence-corrected chi connectivity index (χ2v) is 8.45. The lowest BCUT2D eigenvalue weighted by Crippen LogP contribution is -2.58. The van der Waals surface area contributed by atoms with Crippen molar-refractivity contribution in [2.75, 3.05) is 39.4 Å². The van der Waals surface area contributed by atoms with Crippen LogP contribution in [0.2, 0.25) is 0 Å². The molecular formula is C23H28N3O5+. The quantitative estimate of drug-likeness (QED) is 0.714. The Morgan fingerprint density at radius 1 is 1.26 bits per heavy atom. The normalized spacial score (nSPS) is 21.4. The Labute approximate surface area is 181 Å². The zero-order valence-corrected chi connectivity index (χ0v) is 18.3. The van der Waals surface area contributed by atoms with Crippen molar-refractivity contribution in [2.24, 2.45) is 5.73 Å². The van der Waals surface area contributed by atoms with E-state index in [1.165, 1.54) is 0 Å². The van der Waals surface area contributed by atoms with E-state index >= 15 is 0 Å². The number of hydrogen-bond acceptors (Lipinski definition) is 5. The van der Waals surface area contributed by atoms with Gasteiger partial charge in [0.25, 0.3) is 11.8 Å². The van der Waals surface area contributed by atoms with Crippen LogP contribution in [0.4, 0.5) is 5.69 Å². The molecular weight excluding hydrogens is 398 g/mol. The van der Waals surface area contributed by atoms with Gasteiger partial charge in [-0.05, 0) is 36.6 Å². The van der Waals surface area contributed by atoms with Crippen LogP contribution in [0.1, 0.15) is 28.3 Å². The number of ether oxygens (including phenoxy) is 3.